The number of rotatable bonds is 3. The van der Waals surface area contributed by atoms with Gasteiger partial charge in [0, 0.05) is 10.9 Å². The molecule has 0 atom stereocenters. The highest BCUT2D eigenvalue weighted by molar-refractivity contribution is 6.28. The second-order valence-electron chi connectivity index (χ2n) is 4.55. The van der Waals surface area contributed by atoms with Crippen LogP contribution in [0.25, 0.3) is 28.2 Å². The predicted octanol–water partition coefficient (Wildman–Crippen LogP) is 4.60. The number of fused-ring (bicyclic) bond motifs is 1. The maximum atomic E-state index is 6.05. The fourth-order valence-electron chi connectivity index (χ4n) is 2.24. The maximum Gasteiger partial charge on any atom is 0.223 e. The van der Waals surface area contributed by atoms with Crippen molar-refractivity contribution in [3.05, 3.63) is 59.9 Å². The van der Waals surface area contributed by atoms with Crippen LogP contribution in [0.1, 0.15) is 5.56 Å². The van der Waals surface area contributed by atoms with Gasteiger partial charge in [-0.3, -0.25) is 0 Å². The van der Waals surface area contributed by atoms with E-state index >= 15 is 0 Å². The number of methoxy groups -OCH3 is 1. The van der Waals surface area contributed by atoms with E-state index in [4.69, 9.17) is 16.3 Å². The van der Waals surface area contributed by atoms with E-state index in [1.165, 1.54) is 0 Å². The minimum Gasteiger partial charge on any atom is -0.497 e. The molecule has 21 heavy (non-hydrogen) atoms. The molecule has 1 heterocycles. The third kappa shape index (κ3) is 2.60. The Morgan fingerprint density at radius 2 is 2.00 bits per heavy atom. The van der Waals surface area contributed by atoms with Crippen molar-refractivity contribution >= 4 is 28.6 Å². The largest absolute Gasteiger partial charge is 0.497 e. The van der Waals surface area contributed by atoms with Crippen molar-refractivity contribution in [1.82, 2.24) is 9.97 Å². The highest BCUT2D eigenvalue weighted by Gasteiger charge is 2.10. The van der Waals surface area contributed by atoms with Gasteiger partial charge in [-0.1, -0.05) is 30.9 Å². The van der Waals surface area contributed by atoms with Crippen LogP contribution in [0.5, 0.6) is 5.75 Å². The fraction of sp³-hybridized carbons (Fsp3) is 0.0588. The molecule has 104 valence electrons. The molecule has 0 saturated heterocycles. The highest BCUT2D eigenvalue weighted by atomic mass is 35.5. The van der Waals surface area contributed by atoms with Crippen LogP contribution in [0.4, 0.5) is 0 Å². The number of hydrogen-bond donors (Lipinski definition) is 0. The first kappa shape index (κ1) is 13.6. The average molecular weight is 297 g/mol. The summed E-state index contributed by atoms with van der Waals surface area (Å²) >= 11 is 6.05. The van der Waals surface area contributed by atoms with Crippen LogP contribution in [-0.2, 0) is 0 Å². The van der Waals surface area contributed by atoms with Crippen LogP contribution in [0.2, 0.25) is 5.28 Å². The van der Waals surface area contributed by atoms with Crippen LogP contribution in [0, 0.1) is 0 Å². The van der Waals surface area contributed by atoms with Gasteiger partial charge in [0.1, 0.15) is 5.75 Å². The minimum absolute atomic E-state index is 0.228. The first-order valence-electron chi connectivity index (χ1n) is 6.45. The Balaban J connectivity index is 2.31. The molecule has 0 amide bonds. The van der Waals surface area contributed by atoms with Crippen molar-refractivity contribution in [2.45, 2.75) is 0 Å². The van der Waals surface area contributed by atoms with Crippen molar-refractivity contribution < 1.29 is 4.74 Å². The fourth-order valence-corrected chi connectivity index (χ4v) is 2.41. The molecule has 0 saturated carbocycles. The van der Waals surface area contributed by atoms with Crippen molar-refractivity contribution in [2.24, 2.45) is 0 Å². The van der Waals surface area contributed by atoms with Crippen LogP contribution in [0.3, 0.4) is 0 Å². The van der Waals surface area contributed by atoms with Crippen LogP contribution in [0.15, 0.2) is 49.0 Å². The minimum atomic E-state index is 0.228. The topological polar surface area (TPSA) is 35.0 Å². The number of benzene rings is 2. The summed E-state index contributed by atoms with van der Waals surface area (Å²) in [5.74, 6) is 0.773. The van der Waals surface area contributed by atoms with Crippen molar-refractivity contribution in [1.29, 1.82) is 0 Å². The Labute approximate surface area is 127 Å². The van der Waals surface area contributed by atoms with Gasteiger partial charge < -0.3 is 4.74 Å². The number of hydrogen-bond acceptors (Lipinski definition) is 3. The molecule has 0 aliphatic carbocycles. The van der Waals surface area contributed by atoms with Gasteiger partial charge >= 0.3 is 0 Å². The summed E-state index contributed by atoms with van der Waals surface area (Å²) in [5.41, 5.74) is 3.54. The number of halogens is 1. The zero-order valence-corrected chi connectivity index (χ0v) is 12.3. The van der Waals surface area contributed by atoms with Crippen molar-refractivity contribution in [3.63, 3.8) is 0 Å². The van der Waals surface area contributed by atoms with E-state index in [0.29, 0.717) is 0 Å². The molecule has 0 unspecified atom stereocenters. The third-order valence-electron chi connectivity index (χ3n) is 3.27. The molecular weight excluding hydrogens is 284 g/mol. The van der Waals surface area contributed by atoms with Crippen LogP contribution >= 0.6 is 11.6 Å². The Morgan fingerprint density at radius 1 is 1.14 bits per heavy atom. The normalized spacial score (nSPS) is 10.6. The number of ether oxygens (including phenoxy) is 1. The molecule has 0 spiro atoms. The van der Waals surface area contributed by atoms with Crippen LogP contribution < -0.4 is 4.74 Å². The third-order valence-corrected chi connectivity index (χ3v) is 3.44. The molecule has 2 aromatic carbocycles. The van der Waals surface area contributed by atoms with E-state index in [9.17, 15) is 0 Å². The molecule has 3 rings (SSSR count). The van der Waals surface area contributed by atoms with Gasteiger partial charge in [-0.25, -0.2) is 9.97 Å². The van der Waals surface area contributed by atoms with Gasteiger partial charge in [-0.15, -0.1) is 0 Å². The SMILES string of the molecule is C=Cc1ccc2nc(Cl)nc(-c3cccc(OC)c3)c2c1. The Hall–Kier alpha value is -2.39. The molecule has 4 heteroatoms. The molecule has 3 aromatic rings. The van der Waals surface area contributed by atoms with E-state index in [0.717, 1.165) is 33.5 Å². The van der Waals surface area contributed by atoms with E-state index in [-0.39, 0.29) is 5.28 Å². The van der Waals surface area contributed by atoms with Gasteiger partial charge in [-0.05, 0) is 41.4 Å². The molecule has 0 aliphatic heterocycles. The number of nitrogens with zero attached hydrogens (tertiary/aromatic N) is 2. The second kappa shape index (κ2) is 5.54. The molecule has 1 aromatic heterocycles. The Bertz CT molecular complexity index is 830. The van der Waals surface area contributed by atoms with Crippen molar-refractivity contribution in [3.8, 4) is 17.0 Å². The lowest BCUT2D eigenvalue weighted by Gasteiger charge is -2.08. The van der Waals surface area contributed by atoms with Crippen LogP contribution in [-0.4, -0.2) is 17.1 Å². The smallest absolute Gasteiger partial charge is 0.223 e. The molecule has 3 nitrogen and oxygen atoms in total. The first-order chi connectivity index (χ1) is 10.2. The summed E-state index contributed by atoms with van der Waals surface area (Å²) in [6.07, 6.45) is 1.80. The van der Waals surface area contributed by atoms with Gasteiger partial charge in [-0.2, -0.15) is 0 Å². The van der Waals surface area contributed by atoms with E-state index in [1.54, 1.807) is 13.2 Å². The summed E-state index contributed by atoms with van der Waals surface area (Å²) in [5, 5.41) is 1.16. The maximum absolute atomic E-state index is 6.05. The van der Waals surface area contributed by atoms with Crippen molar-refractivity contribution in [2.75, 3.05) is 7.11 Å². The summed E-state index contributed by atoms with van der Waals surface area (Å²) < 4.78 is 5.27. The summed E-state index contributed by atoms with van der Waals surface area (Å²) in [6, 6.07) is 13.6. The Kier molecular flexibility index (Phi) is 3.59. The van der Waals surface area contributed by atoms with Gasteiger partial charge in [0.2, 0.25) is 5.28 Å². The summed E-state index contributed by atoms with van der Waals surface area (Å²) in [7, 11) is 1.64. The predicted molar refractivity (Wildman–Crippen MR) is 86.6 cm³/mol. The lowest BCUT2D eigenvalue weighted by atomic mass is 10.0. The van der Waals surface area contributed by atoms with Gasteiger partial charge in [0.05, 0.1) is 18.3 Å². The quantitative estimate of drug-likeness (QED) is 0.662. The molecule has 0 fully saturated rings. The van der Waals surface area contributed by atoms with E-state index in [2.05, 4.69) is 16.5 Å². The zero-order valence-electron chi connectivity index (χ0n) is 11.5. The zero-order chi connectivity index (χ0) is 14.8. The first-order valence-corrected chi connectivity index (χ1v) is 6.83. The highest BCUT2D eigenvalue weighted by Crippen LogP contribution is 2.30. The van der Waals surface area contributed by atoms with Gasteiger partial charge in [0.25, 0.3) is 0 Å². The molecule has 0 bridgehead atoms. The average Bonchev–Trinajstić information content (AvgIpc) is 2.53. The standard InChI is InChI=1S/C17H13ClN2O/c1-3-11-7-8-15-14(9-11)16(20-17(18)19-15)12-5-4-6-13(10-12)21-2/h3-10H,1H2,2H3. The second-order valence-corrected chi connectivity index (χ2v) is 4.89. The molecule has 0 radical (unpaired) electrons. The lowest BCUT2D eigenvalue weighted by Crippen LogP contribution is -1.92. The Morgan fingerprint density at radius 3 is 2.76 bits per heavy atom. The molecule has 0 N–H and O–H groups in total. The van der Waals surface area contributed by atoms with Gasteiger partial charge in [0.15, 0.2) is 0 Å². The molecule has 0 aliphatic rings. The van der Waals surface area contributed by atoms with E-state index < -0.39 is 0 Å². The summed E-state index contributed by atoms with van der Waals surface area (Å²) in [6.45, 7) is 3.80. The lowest BCUT2D eigenvalue weighted by molar-refractivity contribution is 0.415. The summed E-state index contributed by atoms with van der Waals surface area (Å²) in [4.78, 5) is 8.66. The van der Waals surface area contributed by atoms with E-state index in [1.807, 2.05) is 42.5 Å². The monoisotopic (exact) mass is 296 g/mol. The number of aromatic nitrogens is 2. The molecular formula is C17H13ClN2O.